The highest BCUT2D eigenvalue weighted by molar-refractivity contribution is 5.90. The summed E-state index contributed by atoms with van der Waals surface area (Å²) in [7, 11) is 3.48. The molecule has 3 N–H and O–H groups in total. The van der Waals surface area contributed by atoms with Gasteiger partial charge in [0.25, 0.3) is 0 Å². The van der Waals surface area contributed by atoms with Crippen molar-refractivity contribution in [3.63, 3.8) is 0 Å². The molecule has 130 valence electrons. The van der Waals surface area contributed by atoms with Gasteiger partial charge in [-0.2, -0.15) is 5.10 Å². The molecule has 1 aromatic carbocycles. The van der Waals surface area contributed by atoms with E-state index in [1.165, 1.54) is 0 Å². The Bertz CT molecular complexity index is 1070. The Hall–Kier alpha value is -3.68. The first-order valence-corrected chi connectivity index (χ1v) is 7.97. The van der Waals surface area contributed by atoms with Crippen LogP contribution in [0.15, 0.2) is 48.8 Å². The lowest BCUT2D eigenvalue weighted by Crippen LogP contribution is -2.01. The summed E-state index contributed by atoms with van der Waals surface area (Å²) in [6.45, 7) is 0. The smallest absolute Gasteiger partial charge is 0.165 e. The van der Waals surface area contributed by atoms with Gasteiger partial charge in [-0.1, -0.05) is 6.07 Å². The number of nitrogen functional groups attached to an aromatic ring is 1. The number of pyridine rings is 1. The largest absolute Gasteiger partial charge is 0.497 e. The van der Waals surface area contributed by atoms with Crippen LogP contribution in [0.5, 0.6) is 5.75 Å². The third-order valence-electron chi connectivity index (χ3n) is 3.97. The maximum absolute atomic E-state index is 5.67. The number of aromatic nitrogens is 5. The predicted molar refractivity (Wildman–Crippen MR) is 100 cm³/mol. The highest BCUT2D eigenvalue weighted by Gasteiger charge is 2.13. The molecular formula is C18H17N7O. The second-order valence-electron chi connectivity index (χ2n) is 5.73. The third-order valence-corrected chi connectivity index (χ3v) is 3.97. The SMILES string of the molecule is COc1cccc(Nc2nc(-c3ccc(N)nc3)nc3c2cnn3C)c1. The maximum Gasteiger partial charge on any atom is 0.165 e. The molecule has 0 saturated carbocycles. The Kier molecular flexibility index (Phi) is 3.85. The number of hydrogen-bond donors (Lipinski definition) is 2. The van der Waals surface area contributed by atoms with Crippen LogP contribution in [0.4, 0.5) is 17.3 Å². The number of aryl methyl sites for hydroxylation is 1. The van der Waals surface area contributed by atoms with E-state index in [9.17, 15) is 0 Å². The van der Waals surface area contributed by atoms with Gasteiger partial charge in [-0.15, -0.1) is 0 Å². The van der Waals surface area contributed by atoms with Gasteiger partial charge < -0.3 is 15.8 Å². The Morgan fingerprint density at radius 1 is 1.12 bits per heavy atom. The number of fused-ring (bicyclic) bond motifs is 1. The van der Waals surface area contributed by atoms with Gasteiger partial charge >= 0.3 is 0 Å². The molecule has 0 spiro atoms. The molecule has 4 rings (SSSR count). The Morgan fingerprint density at radius 3 is 2.77 bits per heavy atom. The number of benzene rings is 1. The fourth-order valence-corrected chi connectivity index (χ4v) is 2.62. The van der Waals surface area contributed by atoms with Gasteiger partial charge in [-0.05, 0) is 24.3 Å². The summed E-state index contributed by atoms with van der Waals surface area (Å²) in [6.07, 6.45) is 3.39. The van der Waals surface area contributed by atoms with Crippen LogP contribution in [-0.2, 0) is 7.05 Å². The summed E-state index contributed by atoms with van der Waals surface area (Å²) in [4.78, 5) is 13.4. The number of ether oxygens (including phenoxy) is 1. The zero-order valence-electron chi connectivity index (χ0n) is 14.3. The van der Waals surface area contributed by atoms with Crippen LogP contribution in [0, 0.1) is 0 Å². The monoisotopic (exact) mass is 347 g/mol. The molecule has 26 heavy (non-hydrogen) atoms. The molecular weight excluding hydrogens is 330 g/mol. The summed E-state index contributed by atoms with van der Waals surface area (Å²) in [6, 6.07) is 11.2. The van der Waals surface area contributed by atoms with Crippen LogP contribution in [0.3, 0.4) is 0 Å². The van der Waals surface area contributed by atoms with Gasteiger partial charge in [0.2, 0.25) is 0 Å². The van der Waals surface area contributed by atoms with Crippen molar-refractivity contribution >= 4 is 28.4 Å². The van der Waals surface area contributed by atoms with E-state index >= 15 is 0 Å². The first kappa shape index (κ1) is 15.8. The first-order valence-electron chi connectivity index (χ1n) is 7.97. The van der Waals surface area contributed by atoms with Gasteiger partial charge in [0.15, 0.2) is 11.5 Å². The van der Waals surface area contributed by atoms with Crippen molar-refractivity contribution in [3.8, 4) is 17.1 Å². The lowest BCUT2D eigenvalue weighted by Gasteiger charge is -2.10. The van der Waals surface area contributed by atoms with Crippen LogP contribution in [0.2, 0.25) is 0 Å². The molecule has 0 atom stereocenters. The van der Waals surface area contributed by atoms with Gasteiger partial charge in [0.1, 0.15) is 17.4 Å². The van der Waals surface area contributed by atoms with E-state index in [0.717, 1.165) is 28.0 Å². The van der Waals surface area contributed by atoms with Gasteiger partial charge in [-0.3, -0.25) is 4.68 Å². The summed E-state index contributed by atoms with van der Waals surface area (Å²) in [5.41, 5.74) is 8.02. The number of nitrogens with two attached hydrogens (primary N) is 1. The Balaban J connectivity index is 1.83. The van der Waals surface area contributed by atoms with Crippen LogP contribution >= 0.6 is 0 Å². The maximum atomic E-state index is 5.67. The zero-order chi connectivity index (χ0) is 18.1. The highest BCUT2D eigenvalue weighted by Crippen LogP contribution is 2.28. The molecule has 8 heteroatoms. The van der Waals surface area contributed by atoms with Crippen LogP contribution in [-0.4, -0.2) is 31.8 Å². The number of nitrogens with one attached hydrogen (secondary N) is 1. The summed E-state index contributed by atoms with van der Waals surface area (Å²) >= 11 is 0. The van der Waals surface area contributed by atoms with E-state index in [4.69, 9.17) is 10.5 Å². The molecule has 3 aromatic heterocycles. The normalized spacial score (nSPS) is 10.8. The molecule has 0 fully saturated rings. The molecule has 0 aliphatic carbocycles. The zero-order valence-corrected chi connectivity index (χ0v) is 14.3. The summed E-state index contributed by atoms with van der Waals surface area (Å²) in [5.74, 6) is 2.40. The fraction of sp³-hybridized carbons (Fsp3) is 0.111. The molecule has 3 heterocycles. The van der Waals surface area contributed by atoms with Crippen molar-refractivity contribution in [1.29, 1.82) is 0 Å². The van der Waals surface area contributed by atoms with Crippen LogP contribution < -0.4 is 15.8 Å². The van der Waals surface area contributed by atoms with Crippen molar-refractivity contribution in [3.05, 3.63) is 48.8 Å². The van der Waals surface area contributed by atoms with E-state index in [-0.39, 0.29) is 0 Å². The second-order valence-corrected chi connectivity index (χ2v) is 5.73. The standard InChI is InChI=1S/C18H17N7O/c1-25-18-14(10-21-25)17(22-12-4-3-5-13(8-12)26-2)23-16(24-18)11-6-7-15(19)20-9-11/h3-10H,1-2H3,(H2,19,20)(H,22,23,24). The Labute approximate surface area is 149 Å². The van der Waals surface area contributed by atoms with E-state index in [1.54, 1.807) is 30.3 Å². The molecule has 0 unspecified atom stereocenters. The number of hydrogen-bond acceptors (Lipinski definition) is 7. The van der Waals surface area contributed by atoms with Crippen molar-refractivity contribution < 1.29 is 4.74 Å². The number of nitrogens with zero attached hydrogens (tertiary/aromatic N) is 5. The quantitative estimate of drug-likeness (QED) is 0.585. The van der Waals surface area contributed by atoms with E-state index in [1.807, 2.05) is 37.4 Å². The third kappa shape index (κ3) is 2.88. The summed E-state index contributed by atoms with van der Waals surface area (Å²) < 4.78 is 6.99. The average Bonchev–Trinajstić information content (AvgIpc) is 3.04. The van der Waals surface area contributed by atoms with E-state index < -0.39 is 0 Å². The molecule has 0 aliphatic rings. The molecule has 0 aliphatic heterocycles. The molecule has 4 aromatic rings. The topological polar surface area (TPSA) is 104 Å². The van der Waals surface area contributed by atoms with Crippen molar-refractivity contribution in [2.45, 2.75) is 0 Å². The number of methoxy groups -OCH3 is 1. The minimum Gasteiger partial charge on any atom is -0.497 e. The molecule has 0 saturated heterocycles. The Morgan fingerprint density at radius 2 is 2.00 bits per heavy atom. The van der Waals surface area contributed by atoms with Gasteiger partial charge in [0, 0.05) is 30.6 Å². The average molecular weight is 347 g/mol. The molecule has 0 radical (unpaired) electrons. The lowest BCUT2D eigenvalue weighted by atomic mass is 10.2. The van der Waals surface area contributed by atoms with Crippen molar-refractivity contribution in [2.75, 3.05) is 18.2 Å². The van der Waals surface area contributed by atoms with Gasteiger partial charge in [0.05, 0.1) is 18.7 Å². The lowest BCUT2D eigenvalue weighted by molar-refractivity contribution is 0.415. The minimum atomic E-state index is 0.449. The number of rotatable bonds is 4. The van der Waals surface area contributed by atoms with E-state index in [2.05, 4.69) is 25.4 Å². The molecule has 0 amide bonds. The van der Waals surface area contributed by atoms with Crippen LogP contribution in [0.1, 0.15) is 0 Å². The van der Waals surface area contributed by atoms with E-state index in [0.29, 0.717) is 17.5 Å². The summed E-state index contributed by atoms with van der Waals surface area (Å²) in [5, 5.41) is 8.44. The highest BCUT2D eigenvalue weighted by atomic mass is 16.5. The van der Waals surface area contributed by atoms with Crippen molar-refractivity contribution in [2.24, 2.45) is 7.05 Å². The molecule has 0 bridgehead atoms. The minimum absolute atomic E-state index is 0.449. The first-order chi connectivity index (χ1) is 12.6. The van der Waals surface area contributed by atoms with Crippen molar-refractivity contribution in [1.82, 2.24) is 24.7 Å². The second kappa shape index (κ2) is 6.32. The van der Waals surface area contributed by atoms with Gasteiger partial charge in [-0.25, -0.2) is 15.0 Å². The number of anilines is 3. The van der Waals surface area contributed by atoms with Crippen LogP contribution in [0.25, 0.3) is 22.4 Å². The fourth-order valence-electron chi connectivity index (χ4n) is 2.62. The molecule has 8 nitrogen and oxygen atoms in total. The predicted octanol–water partition coefficient (Wildman–Crippen LogP) is 2.76.